The Bertz CT molecular complexity index is 1250. The molecule has 0 saturated carbocycles. The van der Waals surface area contributed by atoms with Crippen LogP contribution in [0.1, 0.15) is 16.8 Å². The lowest BCUT2D eigenvalue weighted by atomic mass is 9.99. The Balaban J connectivity index is 1.33. The van der Waals surface area contributed by atoms with Gasteiger partial charge in [0.1, 0.15) is 17.1 Å². The Labute approximate surface area is 178 Å². The molecule has 31 heavy (non-hydrogen) atoms. The third-order valence-corrected chi connectivity index (χ3v) is 5.67. The van der Waals surface area contributed by atoms with E-state index >= 15 is 0 Å². The molecule has 3 heterocycles. The van der Waals surface area contributed by atoms with E-state index in [9.17, 15) is 9.18 Å². The van der Waals surface area contributed by atoms with Gasteiger partial charge in [-0.2, -0.15) is 0 Å². The van der Waals surface area contributed by atoms with Crippen LogP contribution in [-0.2, 0) is 17.8 Å². The van der Waals surface area contributed by atoms with Gasteiger partial charge in [-0.15, -0.1) is 0 Å². The molecule has 1 saturated heterocycles. The summed E-state index contributed by atoms with van der Waals surface area (Å²) in [5, 5.41) is 8.97. The summed E-state index contributed by atoms with van der Waals surface area (Å²) in [6.45, 7) is 1.53. The molecular weight excluding hydrogens is 395 g/mol. The third-order valence-electron chi connectivity index (χ3n) is 5.67. The standard InChI is InChI=1S/C25H21FN2O3/c26-21-11-17(13-28-14-18(15-28)25(29)30)6-8-20(21)24-12-22-23(31-24)9-7-19(27-22)10-16-4-2-1-3-5-16/h1-9,11-12,18H,10,13-15H2,(H,29,30). The average molecular weight is 416 g/mol. The lowest BCUT2D eigenvalue weighted by Gasteiger charge is -2.36. The molecule has 0 bridgehead atoms. The maximum absolute atomic E-state index is 14.8. The molecule has 2 aromatic carbocycles. The van der Waals surface area contributed by atoms with Crippen molar-refractivity contribution in [1.82, 2.24) is 9.88 Å². The minimum atomic E-state index is -0.775. The number of halogens is 1. The van der Waals surface area contributed by atoms with E-state index in [1.807, 2.05) is 41.3 Å². The highest BCUT2D eigenvalue weighted by Gasteiger charge is 2.32. The molecule has 0 amide bonds. The summed E-state index contributed by atoms with van der Waals surface area (Å²) < 4.78 is 20.7. The van der Waals surface area contributed by atoms with Gasteiger partial charge >= 0.3 is 5.97 Å². The van der Waals surface area contributed by atoms with E-state index in [4.69, 9.17) is 9.52 Å². The zero-order valence-electron chi connectivity index (χ0n) is 16.8. The van der Waals surface area contributed by atoms with E-state index in [-0.39, 0.29) is 11.7 Å². The van der Waals surface area contributed by atoms with E-state index in [1.165, 1.54) is 11.6 Å². The Morgan fingerprint density at radius 2 is 1.87 bits per heavy atom. The second kappa shape index (κ2) is 7.96. The smallest absolute Gasteiger partial charge is 0.309 e. The summed E-state index contributed by atoms with van der Waals surface area (Å²) in [6.07, 6.45) is 0.722. The Kier molecular flexibility index (Phi) is 5.00. The third kappa shape index (κ3) is 4.07. The molecule has 6 heteroatoms. The summed E-state index contributed by atoms with van der Waals surface area (Å²) >= 11 is 0. The second-order valence-corrected chi connectivity index (χ2v) is 8.00. The predicted octanol–water partition coefficient (Wildman–Crippen LogP) is 4.74. The SMILES string of the molecule is O=C(O)C1CN(Cc2ccc(-c3cc4nc(Cc5ccccc5)ccc4o3)c(F)c2)C1. The second-order valence-electron chi connectivity index (χ2n) is 8.00. The largest absolute Gasteiger partial charge is 0.481 e. The van der Waals surface area contributed by atoms with Crippen LogP contribution < -0.4 is 0 Å². The maximum Gasteiger partial charge on any atom is 0.309 e. The van der Waals surface area contributed by atoms with E-state index in [0.717, 1.165) is 17.7 Å². The number of carboxylic acid groups (broad SMARTS) is 1. The summed E-state index contributed by atoms with van der Waals surface area (Å²) in [5.41, 5.74) is 4.62. The number of carbonyl (C=O) groups is 1. The minimum absolute atomic E-state index is 0.320. The van der Waals surface area contributed by atoms with Gasteiger partial charge in [-0.05, 0) is 35.4 Å². The molecular formula is C25H21FN2O3. The molecule has 4 aromatic rings. The van der Waals surface area contributed by atoms with Crippen LogP contribution in [0, 0.1) is 11.7 Å². The molecule has 1 fully saturated rings. The predicted molar refractivity (Wildman–Crippen MR) is 115 cm³/mol. The summed E-state index contributed by atoms with van der Waals surface area (Å²) in [4.78, 5) is 17.6. The van der Waals surface area contributed by atoms with Crippen molar-refractivity contribution in [2.45, 2.75) is 13.0 Å². The fourth-order valence-corrected chi connectivity index (χ4v) is 3.97. The van der Waals surface area contributed by atoms with Crippen molar-refractivity contribution in [1.29, 1.82) is 0 Å². The van der Waals surface area contributed by atoms with Crippen LogP contribution in [0.4, 0.5) is 4.39 Å². The van der Waals surface area contributed by atoms with Crippen molar-refractivity contribution >= 4 is 17.1 Å². The molecule has 1 N–H and O–H groups in total. The van der Waals surface area contributed by atoms with Gasteiger partial charge in [0.15, 0.2) is 5.58 Å². The van der Waals surface area contributed by atoms with Crippen LogP contribution in [-0.4, -0.2) is 34.0 Å². The Morgan fingerprint density at radius 3 is 2.61 bits per heavy atom. The molecule has 0 unspecified atom stereocenters. The molecule has 1 aliphatic heterocycles. The van der Waals surface area contributed by atoms with E-state index in [1.54, 1.807) is 12.1 Å². The van der Waals surface area contributed by atoms with E-state index in [0.29, 0.717) is 42.1 Å². The summed E-state index contributed by atoms with van der Waals surface area (Å²) in [7, 11) is 0. The lowest BCUT2D eigenvalue weighted by Crippen LogP contribution is -2.49. The zero-order valence-corrected chi connectivity index (χ0v) is 16.8. The number of likely N-dealkylation sites (tertiary alicyclic amines) is 1. The quantitative estimate of drug-likeness (QED) is 0.492. The molecule has 0 spiro atoms. The number of hydrogen-bond donors (Lipinski definition) is 1. The number of benzene rings is 2. The monoisotopic (exact) mass is 416 g/mol. The van der Waals surface area contributed by atoms with Crippen LogP contribution in [0.2, 0.25) is 0 Å². The van der Waals surface area contributed by atoms with Crippen molar-refractivity contribution in [3.8, 4) is 11.3 Å². The topological polar surface area (TPSA) is 66.6 Å². The number of furan rings is 1. The Hall–Kier alpha value is -3.51. The number of hydrogen-bond acceptors (Lipinski definition) is 4. The number of aliphatic carboxylic acids is 1. The summed E-state index contributed by atoms with van der Waals surface area (Å²) in [5.74, 6) is -1.02. The number of pyridine rings is 1. The first kappa shape index (κ1) is 19.5. The maximum atomic E-state index is 14.8. The van der Waals surface area contributed by atoms with Crippen molar-refractivity contribution in [3.63, 3.8) is 0 Å². The molecule has 5 nitrogen and oxygen atoms in total. The number of aromatic nitrogens is 1. The van der Waals surface area contributed by atoms with Gasteiger partial charge in [-0.1, -0.05) is 36.4 Å². The number of nitrogens with zero attached hydrogens (tertiary/aromatic N) is 2. The van der Waals surface area contributed by atoms with Crippen LogP contribution >= 0.6 is 0 Å². The zero-order chi connectivity index (χ0) is 21.4. The van der Waals surface area contributed by atoms with E-state index in [2.05, 4.69) is 17.1 Å². The minimum Gasteiger partial charge on any atom is -0.481 e. The molecule has 0 atom stereocenters. The van der Waals surface area contributed by atoms with Gasteiger partial charge in [0.25, 0.3) is 0 Å². The molecule has 1 aliphatic rings. The van der Waals surface area contributed by atoms with Crippen LogP contribution in [0.3, 0.4) is 0 Å². The number of fused-ring (bicyclic) bond motifs is 1. The highest BCUT2D eigenvalue weighted by Crippen LogP contribution is 2.30. The number of carboxylic acids is 1. The van der Waals surface area contributed by atoms with Crippen molar-refractivity contribution < 1.29 is 18.7 Å². The highest BCUT2D eigenvalue weighted by atomic mass is 19.1. The first-order valence-electron chi connectivity index (χ1n) is 10.2. The lowest BCUT2D eigenvalue weighted by molar-refractivity contribution is -0.147. The molecule has 0 radical (unpaired) electrons. The van der Waals surface area contributed by atoms with Gasteiger partial charge in [0.2, 0.25) is 0 Å². The number of rotatable bonds is 6. The molecule has 2 aromatic heterocycles. The van der Waals surface area contributed by atoms with Crippen LogP contribution in [0.5, 0.6) is 0 Å². The van der Waals surface area contributed by atoms with Gasteiger partial charge in [0, 0.05) is 37.8 Å². The summed E-state index contributed by atoms with van der Waals surface area (Å²) in [6, 6.07) is 20.7. The molecule has 156 valence electrons. The van der Waals surface area contributed by atoms with Crippen molar-refractivity contribution in [2.75, 3.05) is 13.1 Å². The first-order chi connectivity index (χ1) is 15.0. The van der Waals surface area contributed by atoms with E-state index < -0.39 is 5.97 Å². The van der Waals surface area contributed by atoms with Crippen molar-refractivity contribution in [3.05, 3.63) is 89.4 Å². The first-order valence-corrected chi connectivity index (χ1v) is 10.2. The normalized spacial score (nSPS) is 14.6. The van der Waals surface area contributed by atoms with Gasteiger partial charge in [-0.25, -0.2) is 9.37 Å². The van der Waals surface area contributed by atoms with Crippen LogP contribution in [0.25, 0.3) is 22.4 Å². The van der Waals surface area contributed by atoms with Crippen molar-refractivity contribution in [2.24, 2.45) is 5.92 Å². The average Bonchev–Trinajstić information content (AvgIpc) is 3.14. The van der Waals surface area contributed by atoms with Gasteiger partial charge in [0.05, 0.1) is 11.5 Å². The molecule has 0 aliphatic carbocycles. The van der Waals surface area contributed by atoms with Gasteiger partial charge in [-0.3, -0.25) is 9.69 Å². The fourth-order valence-electron chi connectivity index (χ4n) is 3.97. The fraction of sp³-hybridized carbons (Fsp3) is 0.200. The highest BCUT2D eigenvalue weighted by molar-refractivity contribution is 5.79. The van der Waals surface area contributed by atoms with Gasteiger partial charge < -0.3 is 9.52 Å². The molecule has 5 rings (SSSR count). The Morgan fingerprint density at radius 1 is 1.06 bits per heavy atom. The van der Waals surface area contributed by atoms with Crippen LogP contribution in [0.15, 0.2) is 71.1 Å².